The van der Waals surface area contributed by atoms with Crippen LogP contribution in [0.5, 0.6) is 0 Å². The topological polar surface area (TPSA) is 60.7 Å². The maximum absolute atomic E-state index is 7.17. The molecule has 3 N–H and O–H groups in total. The summed E-state index contributed by atoms with van der Waals surface area (Å²) in [6.07, 6.45) is 0. The van der Waals surface area contributed by atoms with Crippen molar-refractivity contribution in [3.05, 3.63) is 0 Å². The fourth-order valence-corrected chi connectivity index (χ4v) is 0. The zero-order chi connectivity index (χ0) is 3.58. The van der Waals surface area contributed by atoms with E-state index >= 15 is 0 Å². The maximum Gasteiger partial charge on any atom is 1.00 e. The number of hydrogen-bond acceptors (Lipinski definition) is 3. The molecule has 0 radical (unpaired) electrons. The molecule has 9 heteroatoms. The summed E-state index contributed by atoms with van der Waals surface area (Å²) in [6.45, 7) is 0. The van der Waals surface area contributed by atoms with Crippen LogP contribution in [-0.4, -0.2) is 22.4 Å². The molecule has 0 aliphatic heterocycles. The monoisotopic (exact) mass is 306 g/mol. The Morgan fingerprint density at radius 3 is 0.889 bits per heavy atom. The molecule has 0 bridgehead atoms. The van der Waals surface area contributed by atoms with E-state index in [2.05, 4.69) is 0 Å². The summed E-state index contributed by atoms with van der Waals surface area (Å²) < 4.78 is 0. The molecule has 3 nitrogen and oxygen atoms in total. The van der Waals surface area contributed by atoms with Crippen LogP contribution in [0.15, 0.2) is 0 Å². The molecule has 0 aromatic rings. The molecule has 0 spiro atoms. The Hall–Kier alpha value is 2.14. The normalized spacial score (nSPS) is 3.00. The summed E-state index contributed by atoms with van der Waals surface area (Å²) >= 11 is 0. The first-order chi connectivity index (χ1) is 1.73. The molecule has 0 aliphatic carbocycles. The number of rotatable bonds is 0. The summed E-state index contributed by atoms with van der Waals surface area (Å²) in [6, 6.07) is 0. The smallest absolute Gasteiger partial charge is 1.00 e. The van der Waals surface area contributed by atoms with Gasteiger partial charge in [0.25, 0.3) is 0 Å². The van der Waals surface area contributed by atoms with Crippen LogP contribution in [0.1, 0.15) is 1.43 Å². The van der Waals surface area contributed by atoms with E-state index < -0.39 is 7.32 Å². The van der Waals surface area contributed by atoms with Gasteiger partial charge in [-0.15, -0.1) is 61.2 Å². The van der Waals surface area contributed by atoms with Gasteiger partial charge in [0.05, 0.1) is 0 Å². The van der Waals surface area contributed by atoms with Crippen LogP contribution in [0.4, 0.5) is 0 Å². The summed E-state index contributed by atoms with van der Waals surface area (Å²) in [4.78, 5) is 0. The third-order valence-electron chi connectivity index (χ3n) is 0. The van der Waals surface area contributed by atoms with Gasteiger partial charge in [-0.3, -0.25) is 0 Å². The van der Waals surface area contributed by atoms with Crippen LogP contribution in [-0.2, 0) is 0 Å². The predicted octanol–water partition coefficient (Wildman–Crippen LogP) is -3.05. The molecular weight excluding hydrogens is 299 g/mol. The van der Waals surface area contributed by atoms with Crippen molar-refractivity contribution in [2.75, 3.05) is 0 Å². The van der Waals surface area contributed by atoms with Crippen LogP contribution in [0.3, 0.4) is 0 Å². The summed E-state index contributed by atoms with van der Waals surface area (Å²) in [7, 11) is -2.17. The van der Waals surface area contributed by atoms with Gasteiger partial charge in [0.2, 0.25) is 0 Å². The third kappa shape index (κ3) is 147. The van der Waals surface area contributed by atoms with Gasteiger partial charge in [-0.05, 0) is 0 Å². The Morgan fingerprint density at radius 2 is 0.889 bits per heavy atom. The standard InChI is InChI=1S/BH3O3.3ClH.HI.Li.H/c2-1(3)4;;;;;;/h2-4H;4*1H;;/q;;;;;+1;-1. The molecule has 58 valence electrons. The van der Waals surface area contributed by atoms with Crippen LogP contribution in [0, 0.1) is 0 Å². The molecule has 0 amide bonds. The van der Waals surface area contributed by atoms with Crippen molar-refractivity contribution >= 4 is 68.5 Å². The summed E-state index contributed by atoms with van der Waals surface area (Å²) in [5, 5.41) is 21.5. The van der Waals surface area contributed by atoms with Crippen LogP contribution >= 0.6 is 61.2 Å². The molecule has 0 saturated heterocycles. The van der Waals surface area contributed by atoms with Crippen molar-refractivity contribution in [3.8, 4) is 0 Å². The average Bonchev–Trinajstić information content (AvgIpc) is 0.811. The minimum Gasteiger partial charge on any atom is -1.00 e. The molecule has 0 heterocycles. The van der Waals surface area contributed by atoms with Gasteiger partial charge < -0.3 is 16.5 Å². The molecule has 0 aliphatic rings. The molecule has 0 fully saturated rings. The van der Waals surface area contributed by atoms with Crippen LogP contribution in [0.25, 0.3) is 0 Å². The summed E-state index contributed by atoms with van der Waals surface area (Å²) in [5.41, 5.74) is 0. The SMILES string of the molecule is Cl.Cl.Cl.I.OB(O)O.[H-].[Li+]. The van der Waals surface area contributed by atoms with E-state index in [9.17, 15) is 0 Å². The van der Waals surface area contributed by atoms with E-state index in [-0.39, 0.29) is 81.5 Å². The minimum atomic E-state index is -2.17. The first kappa shape index (κ1) is 43.3. The average molecular weight is 307 g/mol. The van der Waals surface area contributed by atoms with E-state index in [0.717, 1.165) is 0 Å². The Balaban J connectivity index is -0.00000000300. The van der Waals surface area contributed by atoms with Gasteiger partial charge in [-0.25, -0.2) is 0 Å². The maximum atomic E-state index is 7.17. The molecular formula is H8BCl3ILiO3. The van der Waals surface area contributed by atoms with Crippen molar-refractivity contribution in [1.29, 1.82) is 0 Å². The van der Waals surface area contributed by atoms with Gasteiger partial charge in [-0.2, -0.15) is 0 Å². The Bertz CT molecular complexity index is 28.5. The second kappa shape index (κ2) is 32.1. The molecule has 0 aromatic heterocycles. The molecule has 0 unspecified atom stereocenters. The van der Waals surface area contributed by atoms with Gasteiger partial charge in [0.1, 0.15) is 0 Å². The Labute approximate surface area is 103 Å². The van der Waals surface area contributed by atoms with Gasteiger partial charge in [-0.1, -0.05) is 0 Å². The Kier molecular flexibility index (Phi) is 154. The molecule has 9 heavy (non-hydrogen) atoms. The fraction of sp³-hybridized carbons (Fsp3) is 0. The molecule has 0 aromatic carbocycles. The number of hydrogen-bond donors (Lipinski definition) is 3. The quantitative estimate of drug-likeness (QED) is 0.329. The van der Waals surface area contributed by atoms with E-state index in [0.29, 0.717) is 0 Å². The van der Waals surface area contributed by atoms with Gasteiger partial charge in [0.15, 0.2) is 0 Å². The first-order valence-electron chi connectivity index (χ1n) is 0.775. The van der Waals surface area contributed by atoms with Crippen molar-refractivity contribution in [2.24, 2.45) is 0 Å². The van der Waals surface area contributed by atoms with Crippen molar-refractivity contribution in [3.63, 3.8) is 0 Å². The Morgan fingerprint density at radius 1 is 0.889 bits per heavy atom. The van der Waals surface area contributed by atoms with E-state index in [1.807, 2.05) is 0 Å². The third-order valence-corrected chi connectivity index (χ3v) is 0. The van der Waals surface area contributed by atoms with E-state index in [1.165, 1.54) is 0 Å². The molecule has 0 rings (SSSR count). The van der Waals surface area contributed by atoms with Crippen molar-refractivity contribution in [2.45, 2.75) is 0 Å². The summed E-state index contributed by atoms with van der Waals surface area (Å²) in [5.74, 6) is 0. The zero-order valence-electron chi connectivity index (χ0n) is 5.55. The second-order valence-electron chi connectivity index (χ2n) is 0.346. The minimum absolute atomic E-state index is 0. The fourth-order valence-electron chi connectivity index (χ4n) is 0. The first-order valence-corrected chi connectivity index (χ1v) is 0.775. The van der Waals surface area contributed by atoms with Crippen LogP contribution < -0.4 is 18.9 Å². The predicted molar refractivity (Wildman–Crippen MR) is 50.7 cm³/mol. The van der Waals surface area contributed by atoms with E-state index in [4.69, 9.17) is 15.1 Å². The van der Waals surface area contributed by atoms with Gasteiger partial charge >= 0.3 is 26.2 Å². The second-order valence-corrected chi connectivity index (χ2v) is 0.346. The zero-order valence-corrected chi connectivity index (χ0v) is 9.33. The van der Waals surface area contributed by atoms with Gasteiger partial charge in [0, 0.05) is 0 Å². The largest absolute Gasteiger partial charge is 1.00 e. The van der Waals surface area contributed by atoms with Crippen LogP contribution in [0.2, 0.25) is 0 Å². The van der Waals surface area contributed by atoms with Crippen molar-refractivity contribution < 1.29 is 35.4 Å². The van der Waals surface area contributed by atoms with Crippen molar-refractivity contribution in [1.82, 2.24) is 0 Å². The number of halogens is 4. The van der Waals surface area contributed by atoms with E-state index in [1.54, 1.807) is 0 Å². The molecule has 0 saturated carbocycles. The molecule has 0 atom stereocenters.